The lowest BCUT2D eigenvalue weighted by Gasteiger charge is -2.40. The first-order valence-electron chi connectivity index (χ1n) is 26.7. The lowest BCUT2D eigenvalue weighted by atomic mass is 9.84. The standard InChI is InChI=1S/C54H69ClF6N10O7S/c1-9-70-41-23-37(56)34-22-33(41)36(45(70)35-21-32(26-62-43(35)31(4)77-8)68-19-17-67(18-20-68)28-54(59,60)61)25-52(5,6)29-78-50(75)38-11-10-14-71(65-38)48(73)39(24-42-63-40(34)27-79-42)64-47(72)44(30(2)3)66(7)51(76)53(58)12-15-69(16-13-53)49(74)46(55)57/h21-23,26-27,30-31,38-39,44,46,65H,9-20,24-25,28-29H2,1-8H3,(H,64,72)/t31-,38-,39-,44-,46-/m0/s1. The van der Waals surface area contributed by atoms with Gasteiger partial charge in [0.05, 0.1) is 58.7 Å². The van der Waals surface area contributed by atoms with Crippen LogP contribution in [0.5, 0.6) is 0 Å². The molecule has 3 saturated heterocycles. The van der Waals surface area contributed by atoms with E-state index < -0.39 is 108 Å². The van der Waals surface area contributed by atoms with E-state index in [9.17, 15) is 41.5 Å². The summed E-state index contributed by atoms with van der Waals surface area (Å²) in [6.45, 7) is 10.9. The third kappa shape index (κ3) is 13.0. The van der Waals surface area contributed by atoms with Gasteiger partial charge in [-0.1, -0.05) is 39.3 Å². The monoisotopic (exact) mass is 1150 g/mol. The fraction of sp³-hybridized carbons (Fsp3) is 0.611. The molecule has 5 atom stereocenters. The molecule has 79 heavy (non-hydrogen) atoms. The van der Waals surface area contributed by atoms with Crippen LogP contribution in [0.2, 0.25) is 0 Å². The predicted octanol–water partition coefficient (Wildman–Crippen LogP) is 7.37. The van der Waals surface area contributed by atoms with Gasteiger partial charge in [0.2, 0.25) is 5.91 Å². The van der Waals surface area contributed by atoms with Crippen LogP contribution in [0.15, 0.2) is 29.8 Å². The third-order valence-electron chi connectivity index (χ3n) is 15.5. The summed E-state index contributed by atoms with van der Waals surface area (Å²) in [7, 11) is 2.84. The van der Waals surface area contributed by atoms with Crippen molar-refractivity contribution in [2.24, 2.45) is 11.3 Å². The number of carbonyl (C=O) groups excluding carboxylic acids is 5. The molecule has 1 aromatic carbocycles. The number of aryl methyl sites for hydroxylation is 1. The first-order chi connectivity index (χ1) is 37.2. The van der Waals surface area contributed by atoms with Crippen LogP contribution < -0.4 is 15.6 Å². The number of hydrazine groups is 1. The van der Waals surface area contributed by atoms with Crippen molar-refractivity contribution in [3.8, 4) is 22.5 Å². The lowest BCUT2D eigenvalue weighted by Crippen LogP contribution is -2.63. The molecule has 2 N–H and O–H groups in total. The number of alkyl halides is 6. The number of pyridine rings is 1. The molecule has 8 rings (SSSR count). The molecule has 25 heteroatoms. The highest BCUT2D eigenvalue weighted by molar-refractivity contribution is 7.10. The summed E-state index contributed by atoms with van der Waals surface area (Å²) < 4.78 is 101. The van der Waals surface area contributed by atoms with Crippen molar-refractivity contribution in [2.75, 3.05) is 78.0 Å². The van der Waals surface area contributed by atoms with Gasteiger partial charge >= 0.3 is 12.1 Å². The van der Waals surface area contributed by atoms with E-state index >= 15 is 8.78 Å². The summed E-state index contributed by atoms with van der Waals surface area (Å²) in [5.74, 6) is -5.33. The minimum atomic E-state index is -4.33. The normalized spacial score (nSPS) is 21.6. The topological polar surface area (TPSA) is 175 Å². The third-order valence-corrected chi connectivity index (χ3v) is 16.6. The molecule has 0 saturated carbocycles. The van der Waals surface area contributed by atoms with Gasteiger partial charge in [-0.15, -0.1) is 11.3 Å². The van der Waals surface area contributed by atoms with E-state index in [4.69, 9.17) is 31.0 Å². The Morgan fingerprint density at radius 1 is 1.04 bits per heavy atom. The van der Waals surface area contributed by atoms with E-state index in [1.54, 1.807) is 38.6 Å². The van der Waals surface area contributed by atoms with Crippen molar-refractivity contribution < 1.29 is 59.8 Å². The van der Waals surface area contributed by atoms with Crippen molar-refractivity contribution >= 4 is 69.1 Å². The molecule has 7 heterocycles. The van der Waals surface area contributed by atoms with Crippen LogP contribution in [0.4, 0.5) is 32.0 Å². The number of nitrogens with one attached hydrogen (secondary N) is 2. The molecule has 6 bridgehead atoms. The second-order valence-corrected chi connectivity index (χ2v) is 23.5. The Hall–Kier alpha value is -5.56. The quantitative estimate of drug-likeness (QED) is 0.0821. The number of rotatable bonds is 12. The summed E-state index contributed by atoms with van der Waals surface area (Å²) in [6.07, 6.45) is -3.30. The number of nitrogens with zero attached hydrogens (tertiary/aromatic N) is 8. The zero-order valence-corrected chi connectivity index (χ0v) is 47.2. The van der Waals surface area contributed by atoms with Crippen molar-refractivity contribution in [3.63, 3.8) is 0 Å². The molecule has 0 radical (unpaired) electrons. The second-order valence-electron chi connectivity index (χ2n) is 22.2. The largest absolute Gasteiger partial charge is 0.464 e. The minimum absolute atomic E-state index is 0.0783. The van der Waals surface area contributed by atoms with Gasteiger partial charge < -0.3 is 34.1 Å². The van der Waals surface area contributed by atoms with E-state index in [-0.39, 0.29) is 57.0 Å². The number of piperazine rings is 1. The van der Waals surface area contributed by atoms with Crippen molar-refractivity contribution in [2.45, 2.75) is 128 Å². The van der Waals surface area contributed by atoms with Crippen LogP contribution in [0, 0.1) is 17.2 Å². The molecule has 4 aliphatic rings. The van der Waals surface area contributed by atoms with Crippen molar-refractivity contribution in [1.29, 1.82) is 0 Å². The number of halogens is 7. The van der Waals surface area contributed by atoms with Crippen LogP contribution in [0.1, 0.15) is 89.6 Å². The summed E-state index contributed by atoms with van der Waals surface area (Å²) in [6, 6.07) is 1.50. The fourth-order valence-corrected chi connectivity index (χ4v) is 12.3. The highest BCUT2D eigenvalue weighted by atomic mass is 35.5. The summed E-state index contributed by atoms with van der Waals surface area (Å²) in [4.78, 5) is 84.7. The number of carbonyl (C=O) groups is 5. The number of anilines is 1. The number of likely N-dealkylation sites (N-methyl/N-ethyl adjacent to an activating group) is 1. The first kappa shape index (κ1) is 59.6. The SMILES string of the molecule is CCn1c(-c2cc(N3CCN(CC(F)(F)F)CC3)cnc2[C@H](C)OC)c2c3cc(c(F)cc31)-c1csc(n1)C[C@H](NC(=O)[C@H](C(C)C)N(C)C(=O)C1(F)CCN(C(=O)[C@H](F)Cl)CC1)C(=O)N1CCC[C@H](N1)C(=O)OCC(C)(C)C2. The van der Waals surface area contributed by atoms with Crippen LogP contribution in [-0.2, 0) is 52.8 Å². The summed E-state index contributed by atoms with van der Waals surface area (Å²) >= 11 is 6.47. The predicted molar refractivity (Wildman–Crippen MR) is 286 cm³/mol. The van der Waals surface area contributed by atoms with E-state index in [1.165, 1.54) is 23.0 Å². The Morgan fingerprint density at radius 2 is 1.73 bits per heavy atom. The van der Waals surface area contributed by atoms with Gasteiger partial charge in [0.25, 0.3) is 23.4 Å². The van der Waals surface area contributed by atoms with Crippen LogP contribution in [0.3, 0.4) is 0 Å². The number of amides is 4. The van der Waals surface area contributed by atoms with Gasteiger partial charge in [-0.2, -0.15) is 13.2 Å². The van der Waals surface area contributed by atoms with Gasteiger partial charge in [0.15, 0.2) is 5.67 Å². The van der Waals surface area contributed by atoms with E-state index in [0.29, 0.717) is 77.4 Å². The fourth-order valence-electron chi connectivity index (χ4n) is 11.3. The van der Waals surface area contributed by atoms with Crippen LogP contribution >= 0.6 is 22.9 Å². The maximum atomic E-state index is 17.0. The molecule has 4 amide bonds. The molecule has 4 aromatic rings. The molecule has 0 aliphatic carbocycles. The number of cyclic esters (lactones) is 1. The molecule has 4 aliphatic heterocycles. The smallest absolute Gasteiger partial charge is 0.401 e. The average Bonchev–Trinajstić information content (AvgIpc) is 4.19. The number of fused-ring (bicyclic) bond motifs is 6. The first-order valence-corrected chi connectivity index (χ1v) is 28.0. The number of hydrogen-bond donors (Lipinski definition) is 2. The number of aromatic nitrogens is 3. The highest BCUT2D eigenvalue weighted by Gasteiger charge is 2.48. The van der Waals surface area contributed by atoms with E-state index in [0.717, 1.165) is 26.7 Å². The number of thiazole rings is 1. The summed E-state index contributed by atoms with van der Waals surface area (Å²) in [5.41, 5.74) is 1.80. The van der Waals surface area contributed by atoms with Crippen LogP contribution in [0.25, 0.3) is 33.4 Å². The Balaban J connectivity index is 1.18. The zero-order valence-electron chi connectivity index (χ0n) is 45.7. The van der Waals surface area contributed by atoms with Gasteiger partial charge in [-0.3, -0.25) is 38.9 Å². The lowest BCUT2D eigenvalue weighted by molar-refractivity contribution is -0.156. The average molecular weight is 1150 g/mol. The molecule has 17 nitrogen and oxygen atoms in total. The number of benzene rings is 1. The van der Waals surface area contributed by atoms with Gasteiger partial charge in [0.1, 0.15) is 23.9 Å². The Labute approximate surface area is 464 Å². The number of esters is 1. The number of ether oxygens (including phenoxy) is 2. The van der Waals surface area contributed by atoms with Gasteiger partial charge in [-0.25, -0.2) is 23.6 Å². The molecule has 0 spiro atoms. The van der Waals surface area contributed by atoms with Crippen LogP contribution in [-0.4, -0.2) is 173 Å². The molecular formula is C54H69ClF6N10O7S. The molecular weight excluding hydrogens is 1080 g/mol. The maximum absolute atomic E-state index is 17.0. The number of methoxy groups -OCH3 is 1. The van der Waals surface area contributed by atoms with Crippen molar-refractivity contribution in [1.82, 2.24) is 45.0 Å². The Bertz CT molecular complexity index is 2920. The van der Waals surface area contributed by atoms with Gasteiger partial charge in [0, 0.05) is 113 Å². The van der Waals surface area contributed by atoms with E-state index in [1.807, 2.05) is 43.2 Å². The van der Waals surface area contributed by atoms with E-state index in [2.05, 4.69) is 10.7 Å². The molecule has 3 fully saturated rings. The number of piperidine rings is 1. The van der Waals surface area contributed by atoms with Crippen molar-refractivity contribution in [3.05, 3.63) is 51.9 Å². The highest BCUT2D eigenvalue weighted by Crippen LogP contribution is 2.44. The summed E-state index contributed by atoms with van der Waals surface area (Å²) in [5, 5.41) is 6.72. The Morgan fingerprint density at radius 3 is 2.37 bits per heavy atom. The second kappa shape index (κ2) is 23.9. The number of hydrogen-bond acceptors (Lipinski definition) is 13. The number of likely N-dealkylation sites (tertiary alicyclic amines) is 1. The molecule has 432 valence electrons. The Kier molecular flexibility index (Phi) is 18.0. The minimum Gasteiger partial charge on any atom is -0.464 e. The van der Waals surface area contributed by atoms with Gasteiger partial charge in [-0.05, 0) is 62.8 Å². The molecule has 0 unspecified atom stereocenters. The maximum Gasteiger partial charge on any atom is 0.401 e. The molecule has 3 aromatic heterocycles. The zero-order chi connectivity index (χ0) is 57.5.